The standard InChI is InChI=1S/C19H22F4N4O2/c1-17(2,3)27-12-5-10(9-24)6-13(29-4)15(12)26-16(27)25-14(28)7-11-8-18(20,21)19(11,22)23/h5-6,11,14,28H,7-8H2,1-4H3,(H,25,26). The van der Waals surface area contributed by atoms with Gasteiger partial charge in [-0.1, -0.05) is 0 Å². The summed E-state index contributed by atoms with van der Waals surface area (Å²) in [7, 11) is 1.42. The van der Waals surface area contributed by atoms with Crippen LogP contribution in [-0.2, 0) is 5.54 Å². The van der Waals surface area contributed by atoms with Crippen molar-refractivity contribution in [1.82, 2.24) is 9.55 Å². The number of aliphatic hydroxyl groups excluding tert-OH is 1. The molecule has 0 radical (unpaired) electrons. The van der Waals surface area contributed by atoms with Gasteiger partial charge in [-0.2, -0.15) is 22.8 Å². The number of halogens is 4. The normalized spacial score (nSPS) is 21.3. The molecule has 1 heterocycles. The molecule has 2 unspecified atom stereocenters. The number of aromatic nitrogens is 2. The van der Waals surface area contributed by atoms with Crippen LogP contribution >= 0.6 is 0 Å². The zero-order valence-electron chi connectivity index (χ0n) is 16.4. The number of benzene rings is 1. The Kier molecular flexibility index (Phi) is 4.94. The topological polar surface area (TPSA) is 83.1 Å². The number of methoxy groups -OCH3 is 1. The molecule has 1 aromatic heterocycles. The summed E-state index contributed by atoms with van der Waals surface area (Å²) >= 11 is 0. The molecule has 1 saturated carbocycles. The van der Waals surface area contributed by atoms with Crippen LogP contribution in [0.25, 0.3) is 11.0 Å². The molecule has 1 aliphatic rings. The first kappa shape index (κ1) is 21.2. The van der Waals surface area contributed by atoms with Gasteiger partial charge in [0.1, 0.15) is 17.5 Å². The quantitative estimate of drug-likeness (QED) is 0.569. The van der Waals surface area contributed by atoms with Crippen LogP contribution in [0.3, 0.4) is 0 Å². The Bertz CT molecular complexity index is 975. The molecule has 0 saturated heterocycles. The van der Waals surface area contributed by atoms with Crippen molar-refractivity contribution in [3.63, 3.8) is 0 Å². The molecule has 0 spiro atoms. The summed E-state index contributed by atoms with van der Waals surface area (Å²) < 4.78 is 60.2. The van der Waals surface area contributed by atoms with Crippen molar-refractivity contribution in [3.05, 3.63) is 17.7 Å². The molecule has 29 heavy (non-hydrogen) atoms. The van der Waals surface area contributed by atoms with Crippen molar-refractivity contribution < 1.29 is 27.4 Å². The van der Waals surface area contributed by atoms with E-state index in [0.29, 0.717) is 22.3 Å². The fourth-order valence-electron chi connectivity index (χ4n) is 3.59. The zero-order chi connectivity index (χ0) is 21.8. The highest BCUT2D eigenvalue weighted by Crippen LogP contribution is 2.56. The maximum Gasteiger partial charge on any atom is 0.313 e. The first-order chi connectivity index (χ1) is 13.3. The highest BCUT2D eigenvalue weighted by atomic mass is 19.3. The van der Waals surface area contributed by atoms with Gasteiger partial charge in [0.05, 0.1) is 24.3 Å². The second-order valence-corrected chi connectivity index (χ2v) is 8.22. The fourth-order valence-corrected chi connectivity index (χ4v) is 3.59. The van der Waals surface area contributed by atoms with Crippen molar-refractivity contribution >= 4 is 17.0 Å². The van der Waals surface area contributed by atoms with Gasteiger partial charge in [-0.25, -0.2) is 4.98 Å². The minimum absolute atomic E-state index is 0.155. The van der Waals surface area contributed by atoms with E-state index in [1.54, 1.807) is 10.6 Å². The van der Waals surface area contributed by atoms with Crippen molar-refractivity contribution in [2.24, 2.45) is 5.92 Å². The summed E-state index contributed by atoms with van der Waals surface area (Å²) in [4.78, 5) is 4.40. The van der Waals surface area contributed by atoms with E-state index >= 15 is 0 Å². The Morgan fingerprint density at radius 2 is 2.03 bits per heavy atom. The van der Waals surface area contributed by atoms with Gasteiger partial charge in [0, 0.05) is 30.4 Å². The fraction of sp³-hybridized carbons (Fsp3) is 0.579. The third kappa shape index (κ3) is 3.48. The Morgan fingerprint density at radius 3 is 2.52 bits per heavy atom. The van der Waals surface area contributed by atoms with Crippen LogP contribution in [0.5, 0.6) is 5.75 Å². The van der Waals surface area contributed by atoms with E-state index in [1.165, 1.54) is 13.2 Å². The van der Waals surface area contributed by atoms with Crippen LogP contribution in [0.2, 0.25) is 0 Å². The molecular weight excluding hydrogens is 392 g/mol. The van der Waals surface area contributed by atoms with Gasteiger partial charge in [0.25, 0.3) is 0 Å². The van der Waals surface area contributed by atoms with E-state index in [-0.39, 0.29) is 5.95 Å². The summed E-state index contributed by atoms with van der Waals surface area (Å²) in [5.74, 6) is -9.33. The number of alkyl halides is 4. The molecule has 2 N–H and O–H groups in total. The summed E-state index contributed by atoms with van der Waals surface area (Å²) in [5, 5.41) is 22.2. The van der Waals surface area contributed by atoms with Gasteiger partial charge >= 0.3 is 11.8 Å². The third-order valence-corrected chi connectivity index (χ3v) is 5.05. The van der Waals surface area contributed by atoms with Crippen molar-refractivity contribution in [2.45, 2.75) is 57.2 Å². The lowest BCUT2D eigenvalue weighted by atomic mass is 9.74. The molecule has 3 rings (SSSR count). The Hall–Kier alpha value is -2.54. The largest absolute Gasteiger partial charge is 0.494 e. The van der Waals surface area contributed by atoms with E-state index in [1.807, 2.05) is 26.8 Å². The molecule has 0 bridgehead atoms. The molecule has 0 aliphatic heterocycles. The van der Waals surface area contributed by atoms with Crippen LogP contribution in [0.4, 0.5) is 23.5 Å². The minimum Gasteiger partial charge on any atom is -0.494 e. The van der Waals surface area contributed by atoms with Gasteiger partial charge in [-0.15, -0.1) is 0 Å². The van der Waals surface area contributed by atoms with E-state index in [4.69, 9.17) is 4.74 Å². The number of nitrogens with zero attached hydrogens (tertiary/aromatic N) is 3. The summed E-state index contributed by atoms with van der Waals surface area (Å²) in [5.41, 5.74) is 0.729. The van der Waals surface area contributed by atoms with E-state index in [9.17, 15) is 27.9 Å². The molecule has 10 heteroatoms. The molecule has 2 atom stereocenters. The van der Waals surface area contributed by atoms with Crippen LogP contribution in [0, 0.1) is 17.2 Å². The van der Waals surface area contributed by atoms with E-state index in [0.717, 1.165) is 0 Å². The number of hydrogen-bond acceptors (Lipinski definition) is 5. The van der Waals surface area contributed by atoms with Gasteiger partial charge in [0.15, 0.2) is 0 Å². The lowest BCUT2D eigenvalue weighted by Crippen LogP contribution is -2.59. The van der Waals surface area contributed by atoms with Gasteiger partial charge in [-0.05, 0) is 26.8 Å². The zero-order valence-corrected chi connectivity index (χ0v) is 16.4. The molecule has 158 valence electrons. The second kappa shape index (κ2) is 6.76. The summed E-state index contributed by atoms with van der Waals surface area (Å²) in [6.45, 7) is 5.58. The summed E-state index contributed by atoms with van der Waals surface area (Å²) in [6, 6.07) is 5.15. The average molecular weight is 414 g/mol. The monoisotopic (exact) mass is 414 g/mol. The number of rotatable bonds is 5. The Balaban J connectivity index is 1.96. The van der Waals surface area contributed by atoms with Crippen molar-refractivity contribution in [3.8, 4) is 11.8 Å². The summed E-state index contributed by atoms with van der Waals surface area (Å²) in [6.07, 6.45) is -3.05. The molecular formula is C19H22F4N4O2. The predicted octanol–water partition coefficient (Wildman–Crippen LogP) is 4.08. The Morgan fingerprint density at radius 1 is 1.38 bits per heavy atom. The van der Waals surface area contributed by atoms with Crippen molar-refractivity contribution in [2.75, 3.05) is 12.4 Å². The van der Waals surface area contributed by atoms with Crippen molar-refractivity contribution in [1.29, 1.82) is 5.26 Å². The number of anilines is 1. The molecule has 1 aromatic carbocycles. The molecule has 0 amide bonds. The second-order valence-electron chi connectivity index (χ2n) is 8.22. The maximum atomic E-state index is 13.5. The van der Waals surface area contributed by atoms with E-state index in [2.05, 4.69) is 10.3 Å². The molecule has 1 fully saturated rings. The highest BCUT2D eigenvalue weighted by molar-refractivity contribution is 5.86. The first-order valence-electron chi connectivity index (χ1n) is 9.03. The first-order valence-corrected chi connectivity index (χ1v) is 9.03. The van der Waals surface area contributed by atoms with Crippen LogP contribution < -0.4 is 10.1 Å². The molecule has 1 aliphatic carbocycles. The van der Waals surface area contributed by atoms with Gasteiger partial charge in [-0.3, -0.25) is 0 Å². The number of imidazole rings is 1. The number of fused-ring (bicyclic) bond motifs is 1. The molecule has 6 nitrogen and oxygen atoms in total. The van der Waals surface area contributed by atoms with E-state index < -0.39 is 42.4 Å². The smallest absolute Gasteiger partial charge is 0.313 e. The maximum absolute atomic E-state index is 13.5. The number of aliphatic hydroxyl groups is 1. The number of nitrogens with one attached hydrogen (secondary N) is 1. The lowest BCUT2D eigenvalue weighted by Gasteiger charge is -2.44. The number of hydrogen-bond donors (Lipinski definition) is 2. The molecule has 2 aromatic rings. The van der Waals surface area contributed by atoms with Crippen LogP contribution in [-0.4, -0.2) is 39.8 Å². The number of ether oxygens (including phenoxy) is 1. The van der Waals surface area contributed by atoms with Gasteiger partial charge < -0.3 is 19.7 Å². The SMILES string of the molecule is COc1cc(C#N)cc2c1nc(NC(O)CC1CC(F)(F)C1(F)F)n2C(C)(C)C. The predicted molar refractivity (Wildman–Crippen MR) is 98.2 cm³/mol. The van der Waals surface area contributed by atoms with Gasteiger partial charge in [0.2, 0.25) is 5.95 Å². The minimum atomic E-state index is -4.15. The average Bonchev–Trinajstić information content (AvgIpc) is 2.97. The third-order valence-electron chi connectivity index (χ3n) is 5.05. The van der Waals surface area contributed by atoms with Crippen LogP contribution in [0.15, 0.2) is 12.1 Å². The Labute approximate surface area is 165 Å². The lowest BCUT2D eigenvalue weighted by molar-refractivity contribution is -0.317. The van der Waals surface area contributed by atoms with Crippen LogP contribution in [0.1, 0.15) is 39.2 Å². The number of nitriles is 1. The highest BCUT2D eigenvalue weighted by Gasteiger charge is 2.71.